The van der Waals surface area contributed by atoms with Crippen LogP contribution in [0.15, 0.2) is 36.4 Å². The van der Waals surface area contributed by atoms with Gasteiger partial charge >= 0.3 is 0 Å². The van der Waals surface area contributed by atoms with Crippen LogP contribution in [0.25, 0.3) is 0 Å². The summed E-state index contributed by atoms with van der Waals surface area (Å²) in [6, 6.07) is 11.2. The number of nitrogens with zero attached hydrogens (tertiary/aromatic N) is 1. The van der Waals surface area contributed by atoms with E-state index in [2.05, 4.69) is 10.2 Å². The highest BCUT2D eigenvalue weighted by Gasteiger charge is 2.19. The third-order valence-electron chi connectivity index (χ3n) is 4.86. The van der Waals surface area contributed by atoms with Gasteiger partial charge in [0.15, 0.2) is 5.78 Å². The molecule has 2 aromatic rings. The Morgan fingerprint density at radius 1 is 1.11 bits per heavy atom. The van der Waals surface area contributed by atoms with Gasteiger partial charge in [-0.05, 0) is 37.6 Å². The lowest BCUT2D eigenvalue weighted by Crippen LogP contribution is -2.37. The van der Waals surface area contributed by atoms with Gasteiger partial charge in [-0.1, -0.05) is 35.4 Å². The number of Topliss-reactive ketones (excluding diaryl/α,β-unsaturated/α-hetero) is 1. The van der Waals surface area contributed by atoms with E-state index in [9.17, 15) is 9.59 Å². The summed E-state index contributed by atoms with van der Waals surface area (Å²) in [5.41, 5.74) is 4.12. The summed E-state index contributed by atoms with van der Waals surface area (Å²) in [5.74, 6) is -0.216. The molecule has 0 atom stereocenters. The summed E-state index contributed by atoms with van der Waals surface area (Å²) in [6.45, 7) is 6.56. The number of nitrogens with one attached hydrogen (secondary N) is 1. The van der Waals surface area contributed by atoms with Crippen LogP contribution in [-0.4, -0.2) is 38.0 Å². The van der Waals surface area contributed by atoms with E-state index in [1.54, 1.807) is 0 Å². The van der Waals surface area contributed by atoms with Crippen LogP contribution in [0, 0.1) is 13.8 Å². The fraction of sp³-hybridized carbons (Fsp3) is 0.364. The maximum absolute atomic E-state index is 12.5. The molecule has 1 N–H and O–H groups in total. The minimum Gasteiger partial charge on any atom is -0.378 e. The fourth-order valence-electron chi connectivity index (χ4n) is 3.34. The molecule has 1 aliphatic rings. The van der Waals surface area contributed by atoms with Crippen LogP contribution in [0.2, 0.25) is 5.02 Å². The Hall–Kier alpha value is -2.37. The molecule has 3 rings (SSSR count). The third-order valence-corrected chi connectivity index (χ3v) is 5.17. The van der Waals surface area contributed by atoms with Crippen LogP contribution in [0.3, 0.4) is 0 Å². The number of halogens is 1. The van der Waals surface area contributed by atoms with Crippen LogP contribution in [0.5, 0.6) is 0 Å². The van der Waals surface area contributed by atoms with Gasteiger partial charge in [-0.25, -0.2) is 0 Å². The zero-order valence-corrected chi connectivity index (χ0v) is 17.0. The van der Waals surface area contributed by atoms with Crippen molar-refractivity contribution in [2.75, 3.05) is 36.5 Å². The molecule has 5 nitrogen and oxygen atoms in total. The van der Waals surface area contributed by atoms with E-state index < -0.39 is 0 Å². The minimum atomic E-state index is -0.199. The number of morpholine rings is 1. The summed E-state index contributed by atoms with van der Waals surface area (Å²) in [6.07, 6.45) is 0.296. The van der Waals surface area contributed by atoms with Crippen LogP contribution < -0.4 is 10.2 Å². The highest BCUT2D eigenvalue weighted by atomic mass is 35.5. The Bertz CT molecular complexity index is 876. The van der Waals surface area contributed by atoms with Gasteiger partial charge in [-0.2, -0.15) is 0 Å². The molecule has 1 fully saturated rings. The highest BCUT2D eigenvalue weighted by Crippen LogP contribution is 2.34. The second-order valence-electron chi connectivity index (χ2n) is 7.03. The first-order valence-corrected chi connectivity index (χ1v) is 9.85. The van der Waals surface area contributed by atoms with E-state index in [1.165, 1.54) is 0 Å². The number of hydrogen-bond donors (Lipinski definition) is 1. The average Bonchev–Trinajstić information content (AvgIpc) is 2.69. The third kappa shape index (κ3) is 4.91. The Labute approximate surface area is 170 Å². The van der Waals surface area contributed by atoms with Crippen molar-refractivity contribution < 1.29 is 14.3 Å². The molecule has 1 amide bonds. The molecule has 148 valence electrons. The second kappa shape index (κ2) is 9.22. The van der Waals surface area contributed by atoms with Crippen LogP contribution in [0.4, 0.5) is 11.4 Å². The number of benzene rings is 2. The number of amides is 1. The maximum Gasteiger partial charge on any atom is 0.224 e. The monoisotopic (exact) mass is 400 g/mol. The summed E-state index contributed by atoms with van der Waals surface area (Å²) in [5, 5.41) is 3.51. The second-order valence-corrected chi connectivity index (χ2v) is 7.43. The predicted octanol–water partition coefficient (Wildman–Crippen LogP) is 4.40. The summed E-state index contributed by atoms with van der Waals surface area (Å²) in [4.78, 5) is 27.1. The normalized spacial score (nSPS) is 14.0. The van der Waals surface area contributed by atoms with Crippen molar-refractivity contribution in [3.63, 3.8) is 0 Å². The zero-order valence-electron chi connectivity index (χ0n) is 16.3. The summed E-state index contributed by atoms with van der Waals surface area (Å²) >= 11 is 6.40. The molecule has 0 radical (unpaired) electrons. The molecule has 28 heavy (non-hydrogen) atoms. The number of ketones is 1. The number of aryl methyl sites for hydroxylation is 2. The van der Waals surface area contributed by atoms with Crippen molar-refractivity contribution in [1.29, 1.82) is 0 Å². The Morgan fingerprint density at radius 2 is 1.86 bits per heavy atom. The van der Waals surface area contributed by atoms with Crippen molar-refractivity contribution >= 4 is 34.7 Å². The average molecular weight is 401 g/mol. The number of anilines is 2. The minimum absolute atomic E-state index is 0.0177. The van der Waals surface area contributed by atoms with Crippen molar-refractivity contribution in [1.82, 2.24) is 0 Å². The molecule has 1 aliphatic heterocycles. The molecule has 0 spiro atoms. The van der Waals surface area contributed by atoms with E-state index in [-0.39, 0.29) is 24.5 Å². The van der Waals surface area contributed by atoms with Crippen molar-refractivity contribution in [3.8, 4) is 0 Å². The van der Waals surface area contributed by atoms with E-state index >= 15 is 0 Å². The first-order chi connectivity index (χ1) is 13.5. The first-order valence-electron chi connectivity index (χ1n) is 9.47. The van der Waals surface area contributed by atoms with Gasteiger partial charge < -0.3 is 15.0 Å². The lowest BCUT2D eigenvalue weighted by molar-refractivity contribution is -0.116. The lowest BCUT2D eigenvalue weighted by Gasteiger charge is -2.31. The topological polar surface area (TPSA) is 58.6 Å². The number of para-hydroxylation sites is 1. The molecular weight excluding hydrogens is 376 g/mol. The van der Waals surface area contributed by atoms with Crippen LogP contribution in [-0.2, 0) is 9.53 Å². The highest BCUT2D eigenvalue weighted by molar-refractivity contribution is 6.34. The quantitative estimate of drug-likeness (QED) is 0.730. The molecule has 2 aromatic carbocycles. The van der Waals surface area contributed by atoms with E-state index in [4.69, 9.17) is 16.3 Å². The molecule has 1 saturated heterocycles. The van der Waals surface area contributed by atoms with Gasteiger partial charge in [-0.3, -0.25) is 9.59 Å². The molecule has 0 aromatic heterocycles. The Kier molecular flexibility index (Phi) is 6.70. The molecular formula is C22H25ClN2O3. The number of carbonyl (C=O) groups excluding carboxylic acids is 2. The van der Waals surface area contributed by atoms with Gasteiger partial charge in [-0.15, -0.1) is 0 Å². The maximum atomic E-state index is 12.5. The van der Waals surface area contributed by atoms with Crippen molar-refractivity contribution in [2.45, 2.75) is 26.7 Å². The van der Waals surface area contributed by atoms with Crippen molar-refractivity contribution in [3.05, 3.63) is 58.1 Å². The molecule has 6 heteroatoms. The Morgan fingerprint density at radius 3 is 2.61 bits per heavy atom. The molecule has 0 bridgehead atoms. The number of ether oxygens (including phenoxy) is 1. The Balaban J connectivity index is 1.66. The van der Waals surface area contributed by atoms with Gasteiger partial charge in [0.1, 0.15) is 0 Å². The summed E-state index contributed by atoms with van der Waals surface area (Å²) < 4.78 is 5.40. The SMILES string of the molecule is Cc1ccc(C)c(C(=O)CCC(=O)Nc2cccc(Cl)c2N2CCOCC2)c1. The summed E-state index contributed by atoms with van der Waals surface area (Å²) in [7, 11) is 0. The first kappa shape index (κ1) is 20.4. The standard InChI is InChI=1S/C22H25ClN2O3/c1-15-6-7-16(2)17(14-15)20(26)8-9-21(27)24-19-5-3-4-18(23)22(19)25-10-12-28-13-11-25/h3-7,14H,8-13H2,1-2H3,(H,24,27). The van der Waals surface area contributed by atoms with E-state index in [1.807, 2.05) is 50.2 Å². The van der Waals surface area contributed by atoms with Crippen molar-refractivity contribution in [2.24, 2.45) is 0 Å². The smallest absolute Gasteiger partial charge is 0.224 e. The lowest BCUT2D eigenvalue weighted by atomic mass is 9.99. The van der Waals surface area contributed by atoms with Crippen LogP contribution in [0.1, 0.15) is 34.3 Å². The largest absolute Gasteiger partial charge is 0.378 e. The van der Waals surface area contributed by atoms with Gasteiger partial charge in [0.05, 0.1) is 29.6 Å². The van der Waals surface area contributed by atoms with Crippen LogP contribution >= 0.6 is 11.6 Å². The van der Waals surface area contributed by atoms with Gasteiger partial charge in [0, 0.05) is 31.5 Å². The number of hydrogen-bond acceptors (Lipinski definition) is 4. The van der Waals surface area contributed by atoms with Gasteiger partial charge in [0.25, 0.3) is 0 Å². The number of carbonyl (C=O) groups is 2. The number of rotatable bonds is 6. The van der Waals surface area contributed by atoms with E-state index in [0.717, 1.165) is 29.9 Å². The molecule has 1 heterocycles. The molecule has 0 aliphatic carbocycles. The van der Waals surface area contributed by atoms with Gasteiger partial charge in [0.2, 0.25) is 5.91 Å². The molecule has 0 saturated carbocycles. The van der Waals surface area contributed by atoms with E-state index in [0.29, 0.717) is 29.5 Å². The molecule has 0 unspecified atom stereocenters. The fourth-order valence-corrected chi connectivity index (χ4v) is 3.63. The zero-order chi connectivity index (χ0) is 20.1. The predicted molar refractivity (Wildman–Crippen MR) is 113 cm³/mol.